The molecule has 0 unspecified atom stereocenters. The summed E-state index contributed by atoms with van der Waals surface area (Å²) in [5.41, 5.74) is 0.218. The third-order valence-electron chi connectivity index (χ3n) is 8.43. The Morgan fingerprint density at radius 1 is 0.755 bits per heavy atom. The molecule has 49 heavy (non-hydrogen) atoms. The van der Waals surface area contributed by atoms with Crippen molar-refractivity contribution < 1.29 is 64.0 Å². The summed E-state index contributed by atoms with van der Waals surface area (Å²) in [5, 5.41) is 62.7. The molecule has 3 rings (SSSR count). The van der Waals surface area contributed by atoms with Gasteiger partial charge in [0.1, 0.15) is 65.1 Å². The lowest BCUT2D eigenvalue weighted by Gasteiger charge is -2.40. The van der Waals surface area contributed by atoms with E-state index in [0.717, 1.165) is 70.4 Å². The van der Waals surface area contributed by atoms with Crippen molar-refractivity contribution in [2.45, 2.75) is 129 Å². The summed E-state index contributed by atoms with van der Waals surface area (Å²) in [6.45, 7) is 4.82. The van der Waals surface area contributed by atoms with Crippen LogP contribution in [0, 0.1) is 0 Å². The molecule has 13 heteroatoms. The van der Waals surface area contributed by atoms with E-state index in [0.29, 0.717) is 24.8 Å². The molecule has 13 nitrogen and oxygen atoms in total. The van der Waals surface area contributed by atoms with Crippen molar-refractivity contribution in [3.05, 3.63) is 46.5 Å². The van der Waals surface area contributed by atoms with Crippen molar-refractivity contribution in [3.63, 3.8) is 0 Å². The molecule has 5 atom stereocenters. The topological polar surface area (TPSA) is 210 Å². The van der Waals surface area contributed by atoms with Gasteiger partial charge in [-0.1, -0.05) is 65.2 Å². The van der Waals surface area contributed by atoms with Crippen LogP contribution >= 0.6 is 0 Å². The lowest BCUT2D eigenvalue weighted by Crippen LogP contribution is -2.60. The summed E-state index contributed by atoms with van der Waals surface area (Å²) >= 11 is 0. The van der Waals surface area contributed by atoms with E-state index in [2.05, 4.69) is 13.8 Å². The zero-order valence-electron chi connectivity index (χ0n) is 28.4. The predicted molar refractivity (Wildman–Crippen MR) is 177 cm³/mol. The summed E-state index contributed by atoms with van der Waals surface area (Å²) in [6.07, 6.45) is 1.41. The Morgan fingerprint density at radius 2 is 1.35 bits per heavy atom. The number of ether oxygens (including phenoxy) is 4. The van der Waals surface area contributed by atoms with E-state index in [9.17, 15) is 45.0 Å². The molecule has 6 N–H and O–H groups in total. The molecular weight excluding hydrogens is 640 g/mol. The number of carboxylic acids is 1. The molecule has 0 saturated carbocycles. The van der Waals surface area contributed by atoms with Gasteiger partial charge in [0.2, 0.25) is 6.29 Å². The Balaban J connectivity index is 1.99. The summed E-state index contributed by atoms with van der Waals surface area (Å²) < 4.78 is 22.1. The Bertz CT molecular complexity index is 1410. The Hall–Kier alpha value is -3.91. The average Bonchev–Trinajstić information content (AvgIpc) is 3.03. The van der Waals surface area contributed by atoms with Gasteiger partial charge in [0.05, 0.1) is 0 Å². The maximum Gasteiger partial charge on any atom is 0.347 e. The fourth-order valence-electron chi connectivity index (χ4n) is 5.81. The highest BCUT2D eigenvalue weighted by atomic mass is 16.7. The van der Waals surface area contributed by atoms with E-state index < -0.39 is 61.0 Å². The first-order valence-corrected chi connectivity index (χ1v) is 17.0. The van der Waals surface area contributed by atoms with E-state index in [1.54, 1.807) is 0 Å². The lowest BCUT2D eigenvalue weighted by molar-refractivity contribution is -0.278. The van der Waals surface area contributed by atoms with E-state index in [-0.39, 0.29) is 40.4 Å². The molecule has 2 aromatic carbocycles. The zero-order valence-corrected chi connectivity index (χ0v) is 28.4. The molecule has 0 spiro atoms. The molecule has 1 saturated heterocycles. The van der Waals surface area contributed by atoms with Crippen molar-refractivity contribution in [2.75, 3.05) is 6.61 Å². The molecule has 0 aromatic heterocycles. The molecule has 1 fully saturated rings. The van der Waals surface area contributed by atoms with Crippen LogP contribution < -0.4 is 9.47 Å². The summed E-state index contributed by atoms with van der Waals surface area (Å²) in [5.74, 6) is -4.18. The molecule has 0 bridgehead atoms. The highest BCUT2D eigenvalue weighted by Gasteiger charge is 2.46. The van der Waals surface area contributed by atoms with Crippen LogP contribution in [0.2, 0.25) is 0 Å². The average molecular weight is 691 g/mol. The van der Waals surface area contributed by atoms with E-state index in [4.69, 9.17) is 18.9 Å². The van der Waals surface area contributed by atoms with Crippen molar-refractivity contribution in [1.29, 1.82) is 0 Å². The first kappa shape index (κ1) is 39.5. The molecule has 1 heterocycles. The number of aliphatic hydroxyl groups is 3. The molecular formula is C36H50O13. The normalized spacial score (nSPS) is 20.5. The number of aryl methyl sites for hydroxylation is 2. The monoisotopic (exact) mass is 690 g/mol. The molecule has 0 amide bonds. The fraction of sp³-hybridized carbons (Fsp3) is 0.583. The minimum atomic E-state index is -1.84. The van der Waals surface area contributed by atoms with Crippen LogP contribution in [0.5, 0.6) is 23.0 Å². The van der Waals surface area contributed by atoms with E-state index in [1.165, 1.54) is 12.1 Å². The van der Waals surface area contributed by atoms with E-state index in [1.807, 2.05) is 0 Å². The van der Waals surface area contributed by atoms with Gasteiger partial charge in [-0.2, -0.15) is 0 Å². The lowest BCUT2D eigenvalue weighted by atomic mass is 9.98. The summed E-state index contributed by atoms with van der Waals surface area (Å²) in [4.78, 5) is 37.5. The second-order valence-electron chi connectivity index (χ2n) is 12.4. The number of aromatic hydroxyl groups is 2. The number of unbranched alkanes of at least 4 members (excludes halogenated alkanes) is 8. The van der Waals surface area contributed by atoms with Crippen LogP contribution in [0.4, 0.5) is 0 Å². The minimum Gasteiger partial charge on any atom is -0.508 e. The number of carbonyl (C=O) groups is 3. The van der Waals surface area contributed by atoms with E-state index >= 15 is 0 Å². The van der Waals surface area contributed by atoms with Crippen LogP contribution in [0.25, 0.3) is 0 Å². The highest BCUT2D eigenvalue weighted by Crippen LogP contribution is 2.35. The summed E-state index contributed by atoms with van der Waals surface area (Å²) in [7, 11) is 0. The maximum absolute atomic E-state index is 13.6. The second kappa shape index (κ2) is 19.3. The van der Waals surface area contributed by atoms with Crippen LogP contribution in [-0.2, 0) is 27.1 Å². The third kappa shape index (κ3) is 11.3. The van der Waals surface area contributed by atoms with Gasteiger partial charge in [-0.3, -0.25) is 4.79 Å². The highest BCUT2D eigenvalue weighted by molar-refractivity contribution is 5.97. The Morgan fingerprint density at radius 3 is 1.92 bits per heavy atom. The number of hydrogen-bond donors (Lipinski definition) is 6. The standard InChI is InChI=1S/C36H50O13/c1-4-6-8-10-12-14-22-16-24(38)18-26(39)29(22)35(45)47-25-17-23(15-13-11-9-7-5-2)30(34(43)44)27(19-25)48-36-33(42)32(41)31(40)28(49-36)20-46-21(3)37/h16-19,28,31-33,36,38-42H,4-15,20H2,1-3H3,(H,43,44)/t28-,31+,32+,33-,36-/m1/s1. The van der Waals surface area contributed by atoms with Gasteiger partial charge in [0, 0.05) is 19.1 Å². The first-order chi connectivity index (χ1) is 23.4. The quantitative estimate of drug-likeness (QED) is 0.0666. The molecule has 1 aliphatic rings. The Kier molecular flexibility index (Phi) is 15.6. The largest absolute Gasteiger partial charge is 0.508 e. The first-order valence-electron chi connectivity index (χ1n) is 17.0. The third-order valence-corrected chi connectivity index (χ3v) is 8.43. The number of aromatic carboxylic acids is 1. The number of rotatable bonds is 19. The van der Waals surface area contributed by atoms with Crippen LogP contribution in [0.1, 0.15) is 117 Å². The number of aliphatic hydroxyl groups excluding tert-OH is 3. The predicted octanol–water partition coefficient (Wildman–Crippen LogP) is 4.79. The van der Waals surface area contributed by atoms with Gasteiger partial charge < -0.3 is 49.6 Å². The van der Waals surface area contributed by atoms with Gasteiger partial charge in [-0.05, 0) is 48.9 Å². The zero-order chi connectivity index (χ0) is 36.1. The number of esters is 2. The van der Waals surface area contributed by atoms with Gasteiger partial charge >= 0.3 is 17.9 Å². The molecule has 272 valence electrons. The number of carbonyl (C=O) groups excluding carboxylic acids is 2. The van der Waals surface area contributed by atoms with Crippen LogP contribution in [0.3, 0.4) is 0 Å². The summed E-state index contributed by atoms with van der Waals surface area (Å²) in [6, 6.07) is 4.96. The van der Waals surface area contributed by atoms with Crippen molar-refractivity contribution in [2.24, 2.45) is 0 Å². The molecule has 0 radical (unpaired) electrons. The number of phenolic OH excluding ortho intramolecular Hbond substituents is 2. The second-order valence-corrected chi connectivity index (χ2v) is 12.4. The van der Waals surface area contributed by atoms with Crippen molar-refractivity contribution in [1.82, 2.24) is 0 Å². The van der Waals surface area contributed by atoms with Gasteiger partial charge in [-0.15, -0.1) is 0 Å². The molecule has 1 aliphatic heterocycles. The van der Waals surface area contributed by atoms with Crippen LogP contribution in [-0.4, -0.2) is 85.9 Å². The fourth-order valence-corrected chi connectivity index (χ4v) is 5.81. The number of carboxylic acid groups (broad SMARTS) is 1. The van der Waals surface area contributed by atoms with Crippen LogP contribution in [0.15, 0.2) is 24.3 Å². The van der Waals surface area contributed by atoms with Gasteiger partial charge in [-0.25, -0.2) is 9.59 Å². The molecule has 2 aromatic rings. The number of phenols is 2. The molecule has 0 aliphatic carbocycles. The Labute approximate surface area is 286 Å². The van der Waals surface area contributed by atoms with Crippen molar-refractivity contribution >= 4 is 17.9 Å². The van der Waals surface area contributed by atoms with Gasteiger partial charge in [0.15, 0.2) is 0 Å². The van der Waals surface area contributed by atoms with Crippen molar-refractivity contribution in [3.8, 4) is 23.0 Å². The number of hydrogen-bond acceptors (Lipinski definition) is 12. The maximum atomic E-state index is 13.6. The van der Waals surface area contributed by atoms with Gasteiger partial charge in [0.25, 0.3) is 0 Å². The minimum absolute atomic E-state index is 0.128. The smallest absolute Gasteiger partial charge is 0.347 e. The SMILES string of the molecule is CCCCCCCc1cc(O)cc(O)c1C(=O)Oc1cc(CCCCCCC)c(C(=O)O)c(O[C@@H]2O[C@H](COC(C)=O)[C@H](O)[C@H](O)[C@H]2O)c1. The number of benzene rings is 2.